The summed E-state index contributed by atoms with van der Waals surface area (Å²) in [4.78, 5) is 1.52. The van der Waals surface area contributed by atoms with E-state index in [0.29, 0.717) is 12.1 Å². The lowest BCUT2D eigenvalue weighted by Gasteiger charge is -2.29. The molecule has 1 aromatic rings. The van der Waals surface area contributed by atoms with Crippen molar-refractivity contribution in [2.24, 2.45) is 11.8 Å². The predicted molar refractivity (Wildman–Crippen MR) is 80.5 cm³/mol. The van der Waals surface area contributed by atoms with Crippen molar-refractivity contribution in [3.05, 3.63) is 22.4 Å². The van der Waals surface area contributed by atoms with Crippen molar-refractivity contribution in [3.63, 3.8) is 0 Å². The Labute approximate surface area is 120 Å². The molecule has 0 radical (unpaired) electrons. The summed E-state index contributed by atoms with van der Waals surface area (Å²) >= 11 is 1.91. The van der Waals surface area contributed by atoms with Crippen LogP contribution in [0.2, 0.25) is 0 Å². The molecule has 1 N–H and O–H groups in total. The highest BCUT2D eigenvalue weighted by Gasteiger charge is 2.35. The highest BCUT2D eigenvalue weighted by Crippen LogP contribution is 2.40. The summed E-state index contributed by atoms with van der Waals surface area (Å²) in [7, 11) is 1.83. The largest absolute Gasteiger partial charge is 0.383 e. The minimum atomic E-state index is 0.553. The third-order valence-electron chi connectivity index (χ3n) is 4.65. The number of rotatable bonds is 7. The van der Waals surface area contributed by atoms with E-state index in [1.54, 1.807) is 0 Å². The van der Waals surface area contributed by atoms with Crippen LogP contribution in [0.1, 0.15) is 49.4 Å². The van der Waals surface area contributed by atoms with Crippen molar-refractivity contribution in [3.8, 4) is 0 Å². The van der Waals surface area contributed by atoms with Crippen molar-refractivity contribution < 1.29 is 4.74 Å². The standard InChI is InChI=1S/C16H25NOS/c1-18-11-14(12-8-9-12)17-16(13-5-2-3-6-13)15-7-4-10-19-15/h4,7,10,12-14,16-17H,2-3,5-6,8-9,11H2,1H3. The monoisotopic (exact) mass is 279 g/mol. The van der Waals surface area contributed by atoms with Gasteiger partial charge < -0.3 is 10.1 Å². The Hall–Kier alpha value is -0.380. The summed E-state index contributed by atoms with van der Waals surface area (Å²) in [6, 6.07) is 5.60. The molecule has 19 heavy (non-hydrogen) atoms. The van der Waals surface area contributed by atoms with Gasteiger partial charge in [-0.1, -0.05) is 18.9 Å². The first-order valence-corrected chi connectivity index (χ1v) is 8.55. The predicted octanol–water partition coefficient (Wildman–Crippen LogP) is 3.99. The fourth-order valence-electron chi connectivity index (χ4n) is 3.44. The Balaban J connectivity index is 1.70. The van der Waals surface area contributed by atoms with Gasteiger partial charge in [-0.3, -0.25) is 0 Å². The lowest BCUT2D eigenvalue weighted by atomic mass is 9.95. The van der Waals surface area contributed by atoms with Crippen molar-refractivity contribution in [1.29, 1.82) is 0 Å². The van der Waals surface area contributed by atoms with Crippen LogP contribution in [0, 0.1) is 11.8 Å². The van der Waals surface area contributed by atoms with Crippen LogP contribution in [0.5, 0.6) is 0 Å². The fraction of sp³-hybridized carbons (Fsp3) is 0.750. The van der Waals surface area contributed by atoms with E-state index in [-0.39, 0.29) is 0 Å². The number of ether oxygens (including phenoxy) is 1. The minimum Gasteiger partial charge on any atom is -0.383 e. The van der Waals surface area contributed by atoms with Crippen LogP contribution in [-0.4, -0.2) is 19.8 Å². The SMILES string of the molecule is COCC(NC(c1cccs1)C1CCCC1)C1CC1. The molecule has 1 aromatic heterocycles. The molecule has 0 aliphatic heterocycles. The molecule has 2 nitrogen and oxygen atoms in total. The van der Waals surface area contributed by atoms with Crippen molar-refractivity contribution >= 4 is 11.3 Å². The Morgan fingerprint density at radius 1 is 1.26 bits per heavy atom. The molecule has 2 saturated carbocycles. The van der Waals surface area contributed by atoms with Gasteiger partial charge in [0, 0.05) is 24.1 Å². The summed E-state index contributed by atoms with van der Waals surface area (Å²) in [5.74, 6) is 1.68. The van der Waals surface area contributed by atoms with E-state index < -0.39 is 0 Å². The average Bonchev–Trinajstić information content (AvgIpc) is 2.94. The van der Waals surface area contributed by atoms with Crippen molar-refractivity contribution in [1.82, 2.24) is 5.32 Å². The lowest BCUT2D eigenvalue weighted by Crippen LogP contribution is -2.40. The number of hydrogen-bond donors (Lipinski definition) is 1. The topological polar surface area (TPSA) is 21.3 Å². The molecule has 2 aliphatic carbocycles. The highest BCUT2D eigenvalue weighted by molar-refractivity contribution is 7.10. The maximum atomic E-state index is 5.43. The summed E-state index contributed by atoms with van der Waals surface area (Å²) in [6.07, 6.45) is 8.35. The zero-order valence-electron chi connectivity index (χ0n) is 11.8. The Morgan fingerprint density at radius 3 is 2.63 bits per heavy atom. The molecule has 3 heteroatoms. The second kappa shape index (κ2) is 6.38. The highest BCUT2D eigenvalue weighted by atomic mass is 32.1. The molecule has 3 rings (SSSR count). The van der Waals surface area contributed by atoms with Crippen LogP contribution in [-0.2, 0) is 4.74 Å². The number of nitrogens with one attached hydrogen (secondary N) is 1. The van der Waals surface area contributed by atoms with Gasteiger partial charge in [0.1, 0.15) is 0 Å². The Morgan fingerprint density at radius 2 is 2.05 bits per heavy atom. The molecule has 0 bridgehead atoms. The average molecular weight is 279 g/mol. The third-order valence-corrected chi connectivity index (χ3v) is 5.61. The molecular formula is C16H25NOS. The lowest BCUT2D eigenvalue weighted by molar-refractivity contribution is 0.144. The van der Waals surface area contributed by atoms with Gasteiger partial charge >= 0.3 is 0 Å². The van der Waals surface area contributed by atoms with E-state index in [1.807, 2.05) is 18.4 Å². The molecule has 106 valence electrons. The summed E-state index contributed by atoms with van der Waals surface area (Å²) in [6.45, 7) is 0.860. The summed E-state index contributed by atoms with van der Waals surface area (Å²) in [5, 5.41) is 6.16. The molecule has 0 amide bonds. The van der Waals surface area contributed by atoms with Crippen molar-refractivity contribution in [2.45, 2.75) is 50.6 Å². The van der Waals surface area contributed by atoms with Gasteiger partial charge in [0.25, 0.3) is 0 Å². The zero-order chi connectivity index (χ0) is 13.1. The van der Waals surface area contributed by atoms with E-state index in [1.165, 1.54) is 43.4 Å². The first kappa shape index (κ1) is 13.6. The molecule has 2 aliphatic rings. The van der Waals surface area contributed by atoms with Gasteiger partial charge in [0.15, 0.2) is 0 Å². The van der Waals surface area contributed by atoms with Gasteiger partial charge in [-0.05, 0) is 49.0 Å². The molecule has 2 fully saturated rings. The first-order chi connectivity index (χ1) is 9.38. The molecular weight excluding hydrogens is 254 g/mol. The van der Waals surface area contributed by atoms with Crippen LogP contribution < -0.4 is 5.32 Å². The quantitative estimate of drug-likeness (QED) is 0.814. The summed E-state index contributed by atoms with van der Waals surface area (Å²) < 4.78 is 5.43. The van der Waals surface area contributed by atoms with Crippen LogP contribution in [0.3, 0.4) is 0 Å². The second-order valence-electron chi connectivity index (χ2n) is 6.10. The van der Waals surface area contributed by atoms with E-state index in [2.05, 4.69) is 22.8 Å². The van der Waals surface area contributed by atoms with E-state index in [9.17, 15) is 0 Å². The van der Waals surface area contributed by atoms with Crippen LogP contribution in [0.25, 0.3) is 0 Å². The Kier molecular flexibility index (Phi) is 4.57. The number of thiophene rings is 1. The van der Waals surface area contributed by atoms with E-state index >= 15 is 0 Å². The molecule has 0 aromatic carbocycles. The van der Waals surface area contributed by atoms with E-state index in [4.69, 9.17) is 4.74 Å². The molecule has 2 atom stereocenters. The maximum absolute atomic E-state index is 5.43. The smallest absolute Gasteiger partial charge is 0.0618 e. The Bertz CT molecular complexity index is 368. The van der Waals surface area contributed by atoms with Crippen molar-refractivity contribution in [2.75, 3.05) is 13.7 Å². The van der Waals surface area contributed by atoms with Gasteiger partial charge in [0.05, 0.1) is 6.61 Å². The molecule has 1 heterocycles. The second-order valence-corrected chi connectivity index (χ2v) is 7.08. The van der Waals surface area contributed by atoms with Gasteiger partial charge in [0.2, 0.25) is 0 Å². The number of methoxy groups -OCH3 is 1. The normalized spacial score (nSPS) is 23.6. The van der Waals surface area contributed by atoms with Crippen LogP contribution in [0.15, 0.2) is 17.5 Å². The minimum absolute atomic E-state index is 0.553. The maximum Gasteiger partial charge on any atom is 0.0618 e. The third kappa shape index (κ3) is 3.39. The molecule has 0 spiro atoms. The first-order valence-electron chi connectivity index (χ1n) is 7.67. The van der Waals surface area contributed by atoms with Gasteiger partial charge in [-0.2, -0.15) is 0 Å². The van der Waals surface area contributed by atoms with Gasteiger partial charge in [-0.25, -0.2) is 0 Å². The molecule has 0 saturated heterocycles. The molecule has 2 unspecified atom stereocenters. The van der Waals surface area contributed by atoms with Crippen LogP contribution in [0.4, 0.5) is 0 Å². The van der Waals surface area contributed by atoms with Crippen LogP contribution >= 0.6 is 11.3 Å². The fourth-order valence-corrected chi connectivity index (χ4v) is 4.32. The van der Waals surface area contributed by atoms with E-state index in [0.717, 1.165) is 18.4 Å². The van der Waals surface area contributed by atoms with Gasteiger partial charge in [-0.15, -0.1) is 11.3 Å². The zero-order valence-corrected chi connectivity index (χ0v) is 12.6. The number of hydrogen-bond acceptors (Lipinski definition) is 3. The summed E-state index contributed by atoms with van der Waals surface area (Å²) in [5.41, 5.74) is 0.